The van der Waals surface area contributed by atoms with E-state index in [1.54, 1.807) is 14.2 Å². The SMILES string of the molecule is COCC(N)CN1CCC(C)C(OC)C1. The van der Waals surface area contributed by atoms with Crippen LogP contribution in [0.25, 0.3) is 0 Å². The Morgan fingerprint density at radius 3 is 2.80 bits per heavy atom. The summed E-state index contributed by atoms with van der Waals surface area (Å²) in [5.41, 5.74) is 5.93. The number of nitrogens with zero attached hydrogens (tertiary/aromatic N) is 1. The van der Waals surface area contributed by atoms with E-state index in [1.807, 2.05) is 0 Å². The molecule has 3 atom stereocenters. The fourth-order valence-corrected chi connectivity index (χ4v) is 2.17. The summed E-state index contributed by atoms with van der Waals surface area (Å²) in [7, 11) is 3.48. The second-order valence-electron chi connectivity index (χ2n) is 4.52. The van der Waals surface area contributed by atoms with Gasteiger partial charge in [-0.3, -0.25) is 4.90 Å². The monoisotopic (exact) mass is 216 g/mol. The minimum absolute atomic E-state index is 0.112. The highest BCUT2D eigenvalue weighted by Gasteiger charge is 2.26. The van der Waals surface area contributed by atoms with Gasteiger partial charge in [-0.25, -0.2) is 0 Å². The smallest absolute Gasteiger partial charge is 0.0724 e. The second kappa shape index (κ2) is 6.43. The topological polar surface area (TPSA) is 47.7 Å². The molecule has 1 saturated heterocycles. The van der Waals surface area contributed by atoms with Crippen molar-refractivity contribution in [1.82, 2.24) is 4.90 Å². The molecule has 0 bridgehead atoms. The molecular formula is C11H24N2O2. The zero-order valence-electron chi connectivity index (χ0n) is 10.1. The van der Waals surface area contributed by atoms with Gasteiger partial charge in [-0.2, -0.15) is 0 Å². The number of nitrogens with two attached hydrogens (primary N) is 1. The first-order valence-corrected chi connectivity index (χ1v) is 5.67. The molecule has 0 aliphatic carbocycles. The van der Waals surface area contributed by atoms with Crippen LogP contribution in [-0.2, 0) is 9.47 Å². The highest BCUT2D eigenvalue weighted by atomic mass is 16.5. The quantitative estimate of drug-likeness (QED) is 0.719. The molecule has 0 spiro atoms. The molecule has 1 heterocycles. The molecule has 15 heavy (non-hydrogen) atoms. The molecule has 1 aliphatic heterocycles. The summed E-state index contributed by atoms with van der Waals surface area (Å²) in [4.78, 5) is 2.37. The Balaban J connectivity index is 2.31. The Bertz CT molecular complexity index is 178. The number of piperidine rings is 1. The number of hydrogen-bond donors (Lipinski definition) is 1. The Morgan fingerprint density at radius 2 is 2.20 bits per heavy atom. The summed E-state index contributed by atoms with van der Waals surface area (Å²) in [6.07, 6.45) is 1.55. The van der Waals surface area contributed by atoms with Gasteiger partial charge in [0.2, 0.25) is 0 Å². The maximum absolute atomic E-state index is 5.93. The Labute approximate surface area is 92.7 Å². The first-order valence-electron chi connectivity index (χ1n) is 5.67. The third-order valence-electron chi connectivity index (χ3n) is 3.15. The third kappa shape index (κ3) is 4.07. The zero-order chi connectivity index (χ0) is 11.3. The molecule has 1 rings (SSSR count). The standard InChI is InChI=1S/C11H24N2O2/c1-9-4-5-13(7-11(9)15-3)6-10(12)8-14-2/h9-11H,4-8,12H2,1-3H3. The van der Waals surface area contributed by atoms with Crippen LogP contribution in [0, 0.1) is 5.92 Å². The molecule has 0 aromatic heterocycles. The fourth-order valence-electron chi connectivity index (χ4n) is 2.17. The molecule has 0 aromatic carbocycles. The van der Waals surface area contributed by atoms with Crippen molar-refractivity contribution in [3.63, 3.8) is 0 Å². The maximum atomic E-state index is 5.93. The molecule has 90 valence electrons. The van der Waals surface area contributed by atoms with E-state index in [4.69, 9.17) is 15.2 Å². The lowest BCUT2D eigenvalue weighted by atomic mass is 9.95. The van der Waals surface area contributed by atoms with Crippen molar-refractivity contribution in [2.24, 2.45) is 11.7 Å². The first-order chi connectivity index (χ1) is 7.17. The van der Waals surface area contributed by atoms with Crippen LogP contribution in [0.2, 0.25) is 0 Å². The minimum Gasteiger partial charge on any atom is -0.383 e. The number of ether oxygens (including phenoxy) is 2. The molecule has 0 radical (unpaired) electrons. The predicted molar refractivity (Wildman–Crippen MR) is 60.9 cm³/mol. The van der Waals surface area contributed by atoms with Crippen molar-refractivity contribution in [1.29, 1.82) is 0 Å². The summed E-state index contributed by atoms with van der Waals surface area (Å²) in [5.74, 6) is 0.657. The minimum atomic E-state index is 0.112. The number of rotatable bonds is 5. The normalized spacial score (nSPS) is 30.4. The van der Waals surface area contributed by atoms with E-state index in [-0.39, 0.29) is 6.04 Å². The average molecular weight is 216 g/mol. The first kappa shape index (κ1) is 12.9. The summed E-state index contributed by atoms with van der Waals surface area (Å²) in [6, 6.07) is 0.112. The predicted octanol–water partition coefficient (Wildman–Crippen LogP) is 0.317. The molecule has 0 amide bonds. The largest absolute Gasteiger partial charge is 0.383 e. The second-order valence-corrected chi connectivity index (χ2v) is 4.52. The van der Waals surface area contributed by atoms with Gasteiger partial charge >= 0.3 is 0 Å². The van der Waals surface area contributed by atoms with E-state index < -0.39 is 0 Å². The third-order valence-corrected chi connectivity index (χ3v) is 3.15. The lowest BCUT2D eigenvalue weighted by molar-refractivity contribution is -0.00856. The van der Waals surface area contributed by atoms with Crippen molar-refractivity contribution < 1.29 is 9.47 Å². The van der Waals surface area contributed by atoms with E-state index in [2.05, 4.69) is 11.8 Å². The Morgan fingerprint density at radius 1 is 1.47 bits per heavy atom. The summed E-state index contributed by atoms with van der Waals surface area (Å²) < 4.78 is 10.5. The Hall–Kier alpha value is -0.160. The molecule has 4 nitrogen and oxygen atoms in total. The molecule has 3 unspecified atom stereocenters. The Kier molecular flexibility index (Phi) is 5.53. The number of methoxy groups -OCH3 is 2. The summed E-state index contributed by atoms with van der Waals surface area (Å²) in [6.45, 7) is 5.90. The molecule has 0 saturated carbocycles. The maximum Gasteiger partial charge on any atom is 0.0724 e. The van der Waals surface area contributed by atoms with Crippen LogP contribution in [-0.4, -0.2) is 57.5 Å². The van der Waals surface area contributed by atoms with Crippen LogP contribution < -0.4 is 5.73 Å². The van der Waals surface area contributed by atoms with E-state index in [0.29, 0.717) is 18.6 Å². The van der Waals surface area contributed by atoms with Gasteiger partial charge in [-0.05, 0) is 18.9 Å². The van der Waals surface area contributed by atoms with E-state index >= 15 is 0 Å². The molecule has 1 aliphatic rings. The van der Waals surface area contributed by atoms with Crippen LogP contribution in [0.1, 0.15) is 13.3 Å². The van der Waals surface area contributed by atoms with Gasteiger partial charge in [0, 0.05) is 33.4 Å². The molecule has 1 fully saturated rings. The average Bonchev–Trinajstić information content (AvgIpc) is 2.21. The molecule has 2 N–H and O–H groups in total. The van der Waals surface area contributed by atoms with Crippen LogP contribution in [0.4, 0.5) is 0 Å². The van der Waals surface area contributed by atoms with Crippen molar-refractivity contribution in [3.05, 3.63) is 0 Å². The van der Waals surface area contributed by atoms with Crippen molar-refractivity contribution in [2.75, 3.05) is 40.5 Å². The van der Waals surface area contributed by atoms with Gasteiger partial charge in [0.1, 0.15) is 0 Å². The highest BCUT2D eigenvalue weighted by Crippen LogP contribution is 2.19. The fraction of sp³-hybridized carbons (Fsp3) is 1.00. The van der Waals surface area contributed by atoms with E-state index in [1.165, 1.54) is 6.42 Å². The number of hydrogen-bond acceptors (Lipinski definition) is 4. The van der Waals surface area contributed by atoms with Crippen LogP contribution in [0.15, 0.2) is 0 Å². The van der Waals surface area contributed by atoms with Crippen LogP contribution >= 0.6 is 0 Å². The van der Waals surface area contributed by atoms with Crippen molar-refractivity contribution in [3.8, 4) is 0 Å². The molecule has 0 aromatic rings. The highest BCUT2D eigenvalue weighted by molar-refractivity contribution is 4.80. The lowest BCUT2D eigenvalue weighted by Crippen LogP contribution is -2.49. The van der Waals surface area contributed by atoms with Gasteiger partial charge < -0.3 is 15.2 Å². The lowest BCUT2D eigenvalue weighted by Gasteiger charge is -2.37. The van der Waals surface area contributed by atoms with Gasteiger partial charge in [0.05, 0.1) is 12.7 Å². The van der Waals surface area contributed by atoms with Gasteiger partial charge in [-0.1, -0.05) is 6.92 Å². The van der Waals surface area contributed by atoms with Crippen LogP contribution in [0.3, 0.4) is 0 Å². The zero-order valence-corrected chi connectivity index (χ0v) is 10.1. The summed E-state index contributed by atoms with van der Waals surface area (Å²) >= 11 is 0. The summed E-state index contributed by atoms with van der Waals surface area (Å²) in [5, 5.41) is 0. The van der Waals surface area contributed by atoms with E-state index in [0.717, 1.165) is 19.6 Å². The number of likely N-dealkylation sites (tertiary alicyclic amines) is 1. The molecular weight excluding hydrogens is 192 g/mol. The van der Waals surface area contributed by atoms with Gasteiger partial charge in [0.15, 0.2) is 0 Å². The van der Waals surface area contributed by atoms with Crippen molar-refractivity contribution in [2.45, 2.75) is 25.5 Å². The molecule has 4 heteroatoms. The van der Waals surface area contributed by atoms with Gasteiger partial charge in [-0.15, -0.1) is 0 Å². The van der Waals surface area contributed by atoms with Gasteiger partial charge in [0.25, 0.3) is 0 Å². The van der Waals surface area contributed by atoms with Crippen LogP contribution in [0.5, 0.6) is 0 Å². The van der Waals surface area contributed by atoms with E-state index in [9.17, 15) is 0 Å². The van der Waals surface area contributed by atoms with Crippen molar-refractivity contribution >= 4 is 0 Å².